The third kappa shape index (κ3) is 16.0. The average molecular weight is 879 g/mol. The van der Waals surface area contributed by atoms with Gasteiger partial charge in [0.15, 0.2) is 0 Å². The molecule has 0 fully saturated rings. The van der Waals surface area contributed by atoms with Crippen LogP contribution in [-0.2, 0) is 36.3 Å². The number of carbonyl (C=O) groups is 4. The largest absolute Gasteiger partial charge is 0.508 e. The van der Waals surface area contributed by atoms with E-state index in [1.54, 1.807) is 60.7 Å². The third-order valence-corrected chi connectivity index (χ3v) is 10.3. The second-order valence-electron chi connectivity index (χ2n) is 17.1. The Balaban J connectivity index is 1.42. The molecule has 0 aliphatic rings. The molecule has 0 saturated heterocycles. The summed E-state index contributed by atoms with van der Waals surface area (Å²) in [6.07, 6.45) is 9.25. The van der Waals surface area contributed by atoms with Crippen molar-refractivity contribution in [3.63, 3.8) is 0 Å². The predicted octanol–water partition coefficient (Wildman–Crippen LogP) is 10.7. The van der Waals surface area contributed by atoms with Crippen LogP contribution in [0.4, 0.5) is 0 Å². The maximum absolute atomic E-state index is 13.9. The van der Waals surface area contributed by atoms with Gasteiger partial charge in [-0.05, 0) is 153 Å². The fraction of sp³-hybridized carbons (Fsp3) is 0.385. The van der Waals surface area contributed by atoms with Crippen molar-refractivity contribution in [1.82, 2.24) is 0 Å². The van der Waals surface area contributed by atoms with E-state index in [2.05, 4.69) is 13.2 Å². The molecule has 12 nitrogen and oxygen atoms in total. The van der Waals surface area contributed by atoms with Crippen molar-refractivity contribution in [2.24, 2.45) is 0 Å². The molecule has 0 unspecified atom stereocenters. The normalized spacial score (nSPS) is 11.3. The molecule has 4 aromatic carbocycles. The van der Waals surface area contributed by atoms with Gasteiger partial charge in [-0.3, -0.25) is 0 Å². The number of unbranched alkanes of at least 4 members (excludes halogenated alkanes) is 6. The third-order valence-electron chi connectivity index (χ3n) is 10.3. The highest BCUT2D eigenvalue weighted by Crippen LogP contribution is 2.39. The van der Waals surface area contributed by atoms with Crippen molar-refractivity contribution in [2.75, 3.05) is 26.4 Å². The highest BCUT2D eigenvalue weighted by molar-refractivity contribution is 5.92. The molecule has 4 rings (SSSR count). The smallest absolute Gasteiger partial charge is 0.343 e. The molecule has 0 amide bonds. The lowest BCUT2D eigenvalue weighted by Crippen LogP contribution is -2.22. The molecule has 0 heterocycles. The van der Waals surface area contributed by atoms with E-state index < -0.39 is 34.7 Å². The molecule has 0 aliphatic carbocycles. The van der Waals surface area contributed by atoms with Crippen molar-refractivity contribution < 1.29 is 57.8 Å². The Morgan fingerprint density at radius 2 is 1.08 bits per heavy atom. The Labute approximate surface area is 376 Å². The van der Waals surface area contributed by atoms with Gasteiger partial charge in [-0.2, -0.15) is 0 Å². The van der Waals surface area contributed by atoms with E-state index in [1.165, 1.54) is 18.2 Å². The summed E-state index contributed by atoms with van der Waals surface area (Å²) in [6.45, 7) is 18.2. The number of aromatic hydroxyl groups is 2. The van der Waals surface area contributed by atoms with E-state index >= 15 is 0 Å². The first-order chi connectivity index (χ1) is 30.5. The van der Waals surface area contributed by atoms with Gasteiger partial charge < -0.3 is 38.6 Å². The first kappa shape index (κ1) is 50.1. The molecule has 2 N–H and O–H groups in total. The number of phenols is 2. The fourth-order valence-electron chi connectivity index (χ4n) is 6.83. The zero-order chi connectivity index (χ0) is 46.7. The number of rotatable bonds is 25. The van der Waals surface area contributed by atoms with E-state index in [1.807, 2.05) is 34.6 Å². The minimum atomic E-state index is -0.692. The van der Waals surface area contributed by atoms with E-state index in [9.17, 15) is 29.4 Å². The highest BCUT2D eigenvalue weighted by Gasteiger charge is 2.28. The summed E-state index contributed by atoms with van der Waals surface area (Å²) in [5.74, 6) is -0.177. The van der Waals surface area contributed by atoms with Crippen LogP contribution in [0.3, 0.4) is 0 Å². The Kier molecular flexibility index (Phi) is 19.0. The molecular weight excluding hydrogens is 817 g/mol. The van der Waals surface area contributed by atoms with Gasteiger partial charge in [-0.25, -0.2) is 19.2 Å². The van der Waals surface area contributed by atoms with Crippen molar-refractivity contribution in [1.29, 1.82) is 0 Å². The van der Waals surface area contributed by atoms with Crippen molar-refractivity contribution >= 4 is 23.9 Å². The van der Waals surface area contributed by atoms with Crippen LogP contribution >= 0.6 is 0 Å². The van der Waals surface area contributed by atoms with Crippen LogP contribution < -0.4 is 18.9 Å². The number of benzene rings is 4. The van der Waals surface area contributed by atoms with Crippen LogP contribution in [0, 0.1) is 0 Å². The zero-order valence-corrected chi connectivity index (χ0v) is 37.7. The number of hydrogen-bond acceptors (Lipinski definition) is 12. The van der Waals surface area contributed by atoms with Gasteiger partial charge in [0.05, 0.1) is 37.6 Å². The lowest BCUT2D eigenvalue weighted by Gasteiger charge is -2.28. The quantitative estimate of drug-likeness (QED) is 0.0213. The van der Waals surface area contributed by atoms with Gasteiger partial charge >= 0.3 is 23.9 Å². The molecule has 0 radical (unpaired) electrons. The molecule has 4 aromatic rings. The zero-order valence-electron chi connectivity index (χ0n) is 37.7. The lowest BCUT2D eigenvalue weighted by atomic mass is 9.78. The molecule has 12 heteroatoms. The monoisotopic (exact) mass is 878 g/mol. The van der Waals surface area contributed by atoms with Crippen molar-refractivity contribution in [2.45, 2.75) is 103 Å². The molecular formula is C52H62O12. The van der Waals surface area contributed by atoms with Crippen molar-refractivity contribution in [3.05, 3.63) is 132 Å². The molecule has 342 valence electrons. The van der Waals surface area contributed by atoms with Gasteiger partial charge in [-0.1, -0.05) is 47.8 Å². The van der Waals surface area contributed by atoms with E-state index in [-0.39, 0.29) is 22.8 Å². The van der Waals surface area contributed by atoms with Crippen LogP contribution in [-0.4, -0.2) is 60.5 Å². The fourth-order valence-corrected chi connectivity index (χ4v) is 6.83. The van der Waals surface area contributed by atoms with E-state index in [4.69, 9.17) is 28.4 Å². The minimum absolute atomic E-state index is 0.0202. The maximum atomic E-state index is 13.9. The maximum Gasteiger partial charge on any atom is 0.343 e. The van der Waals surface area contributed by atoms with Gasteiger partial charge in [0.2, 0.25) is 0 Å². The summed E-state index contributed by atoms with van der Waals surface area (Å²) < 4.78 is 33.9. The number of esters is 4. The molecule has 64 heavy (non-hydrogen) atoms. The molecule has 0 saturated carbocycles. The number of hydrogen-bond donors (Lipinski definition) is 2. The highest BCUT2D eigenvalue weighted by atomic mass is 16.5. The summed E-state index contributed by atoms with van der Waals surface area (Å²) >= 11 is 0. The summed E-state index contributed by atoms with van der Waals surface area (Å²) in [4.78, 5) is 49.5. The predicted molar refractivity (Wildman–Crippen MR) is 245 cm³/mol. The first-order valence-corrected chi connectivity index (χ1v) is 21.7. The van der Waals surface area contributed by atoms with Gasteiger partial charge in [0.25, 0.3) is 0 Å². The standard InChI is InChI=1S/C52H62O12/c1-8-47(55)61-30-16-12-10-14-28-59-40-22-18-36(19-23-40)49(57)63-41-24-27-46(43(34-41)51(3,4)5)64-50(58)37-20-26-45(60-29-15-11-13-17-31-62-48(56)9-2)38(32-37)35-52(6,7)42-33-39(53)21-25-44(42)54/h8-9,18-27,32-34,53-54H,1-2,10-17,28-31,35H2,3-7H3. The van der Waals surface area contributed by atoms with E-state index in [0.29, 0.717) is 72.4 Å². The van der Waals surface area contributed by atoms with Crippen LogP contribution in [0.15, 0.2) is 104 Å². The van der Waals surface area contributed by atoms with Crippen LogP contribution in [0.2, 0.25) is 0 Å². The molecule has 0 spiro atoms. The van der Waals surface area contributed by atoms with Gasteiger partial charge in [0.1, 0.15) is 34.5 Å². The van der Waals surface area contributed by atoms with Crippen LogP contribution in [0.1, 0.15) is 123 Å². The minimum Gasteiger partial charge on any atom is -0.508 e. The summed E-state index contributed by atoms with van der Waals surface area (Å²) in [7, 11) is 0. The van der Waals surface area contributed by atoms with E-state index in [0.717, 1.165) is 63.5 Å². The summed E-state index contributed by atoms with van der Waals surface area (Å²) in [5.41, 5.74) is 1.29. The Morgan fingerprint density at radius 3 is 1.67 bits per heavy atom. The Morgan fingerprint density at radius 1 is 0.547 bits per heavy atom. The SMILES string of the molecule is C=CC(=O)OCCCCCCOc1ccc(C(=O)Oc2ccc(OC(=O)c3ccc(OCCCCCCOC(=O)C=C)c(CC(C)(C)c4cc(O)ccc4O)c3)c(C(C)(C)C)c2)cc1. The number of ether oxygens (including phenoxy) is 6. The van der Waals surface area contributed by atoms with Crippen molar-refractivity contribution in [3.8, 4) is 34.5 Å². The summed E-state index contributed by atoms with van der Waals surface area (Å²) in [6, 6.07) is 21.1. The molecule has 0 aliphatic heterocycles. The first-order valence-electron chi connectivity index (χ1n) is 21.7. The van der Waals surface area contributed by atoms with Crippen LogP contribution in [0.25, 0.3) is 0 Å². The Bertz CT molecular complexity index is 2210. The lowest BCUT2D eigenvalue weighted by molar-refractivity contribution is -0.138. The molecule has 0 atom stereocenters. The molecule has 0 bridgehead atoms. The topological polar surface area (TPSA) is 164 Å². The number of phenolic OH excluding ortho intramolecular Hbond substituents is 2. The molecule has 0 aromatic heterocycles. The average Bonchev–Trinajstić information content (AvgIpc) is 3.26. The van der Waals surface area contributed by atoms with Crippen LogP contribution in [0.5, 0.6) is 34.5 Å². The second-order valence-corrected chi connectivity index (χ2v) is 17.1. The summed E-state index contributed by atoms with van der Waals surface area (Å²) in [5, 5.41) is 21.0. The number of carbonyl (C=O) groups excluding carboxylic acids is 4. The van der Waals surface area contributed by atoms with Gasteiger partial charge in [0, 0.05) is 23.3 Å². The Hall–Kier alpha value is -6.56. The second kappa shape index (κ2) is 24.3. The van der Waals surface area contributed by atoms with Gasteiger partial charge in [-0.15, -0.1) is 0 Å².